The van der Waals surface area contributed by atoms with E-state index in [1.54, 1.807) is 6.20 Å². The highest BCUT2D eigenvalue weighted by Gasteiger charge is 2.04. The maximum atomic E-state index is 4.09. The van der Waals surface area contributed by atoms with Crippen LogP contribution in [0.5, 0.6) is 0 Å². The zero-order valence-electron chi connectivity index (χ0n) is 7.57. The van der Waals surface area contributed by atoms with Gasteiger partial charge in [-0.25, -0.2) is 0 Å². The van der Waals surface area contributed by atoms with Gasteiger partial charge in [-0.1, -0.05) is 12.1 Å². The minimum atomic E-state index is 0.403. The number of nitrogens with zero attached hydrogens (tertiary/aromatic N) is 1. The average Bonchev–Trinajstić information content (AvgIpc) is 2.19. The van der Waals surface area contributed by atoms with Gasteiger partial charge in [-0.2, -0.15) is 0 Å². The molecule has 0 radical (unpaired) electrons. The maximum Gasteiger partial charge on any atom is 0.0419 e. The first kappa shape index (κ1) is 8.05. The van der Waals surface area contributed by atoms with E-state index in [4.69, 9.17) is 0 Å². The van der Waals surface area contributed by atoms with Crippen molar-refractivity contribution in [2.24, 2.45) is 0 Å². The third-order valence-electron chi connectivity index (χ3n) is 2.05. The van der Waals surface area contributed by atoms with Crippen LogP contribution in [0, 0.1) is 0 Å². The van der Waals surface area contributed by atoms with E-state index in [-0.39, 0.29) is 0 Å². The van der Waals surface area contributed by atoms with Crippen LogP contribution < -0.4 is 5.32 Å². The molecule has 1 N–H and O–H groups in total. The number of allylic oxidation sites excluding steroid dienone is 2. The molecule has 0 saturated carbocycles. The van der Waals surface area contributed by atoms with E-state index < -0.39 is 0 Å². The summed E-state index contributed by atoms with van der Waals surface area (Å²) in [5.41, 5.74) is 2.41. The number of pyridine rings is 1. The lowest BCUT2D eigenvalue weighted by Crippen LogP contribution is -2.20. The summed E-state index contributed by atoms with van der Waals surface area (Å²) in [4.78, 5) is 4.09. The first-order valence-electron chi connectivity index (χ1n) is 4.41. The smallest absolute Gasteiger partial charge is 0.0419 e. The van der Waals surface area contributed by atoms with E-state index in [1.807, 2.05) is 18.5 Å². The summed E-state index contributed by atoms with van der Waals surface area (Å²) in [7, 11) is 0. The Hall–Kier alpha value is -1.57. The Labute approximate surface area is 78.0 Å². The quantitative estimate of drug-likeness (QED) is 0.700. The number of rotatable bonds is 1. The molecule has 0 spiro atoms. The molecule has 66 valence electrons. The third kappa shape index (κ3) is 1.78. The largest absolute Gasteiger partial charge is 0.385 e. The zero-order valence-corrected chi connectivity index (χ0v) is 7.57. The molecule has 0 fully saturated rings. The lowest BCUT2D eigenvalue weighted by Gasteiger charge is -2.14. The molecule has 0 unspecified atom stereocenters. The minimum Gasteiger partial charge on any atom is -0.385 e. The standard InChI is InChI=1S/C11H12N2/c1-9-7-10(4-6-13-9)11-3-2-5-12-8-11/h2-9,13H,1H3/t9-/m1/s1. The van der Waals surface area contributed by atoms with Gasteiger partial charge in [0.15, 0.2) is 0 Å². The van der Waals surface area contributed by atoms with E-state index in [0.717, 1.165) is 0 Å². The average molecular weight is 172 g/mol. The van der Waals surface area contributed by atoms with Gasteiger partial charge in [0.25, 0.3) is 0 Å². The molecule has 2 heteroatoms. The predicted octanol–water partition coefficient (Wildman–Crippen LogP) is 1.97. The summed E-state index contributed by atoms with van der Waals surface area (Å²) in [6.07, 6.45) is 9.91. The fourth-order valence-corrected chi connectivity index (χ4v) is 1.39. The molecule has 1 aliphatic rings. The molecule has 0 aromatic carbocycles. The molecule has 2 heterocycles. The molecular weight excluding hydrogens is 160 g/mol. The van der Waals surface area contributed by atoms with Gasteiger partial charge in [0.1, 0.15) is 0 Å². The van der Waals surface area contributed by atoms with Crippen LogP contribution in [0.1, 0.15) is 12.5 Å². The SMILES string of the molecule is C[C@@H]1C=C(c2cccnc2)C=CN1. The van der Waals surface area contributed by atoms with Gasteiger partial charge in [0.05, 0.1) is 0 Å². The highest BCUT2D eigenvalue weighted by Crippen LogP contribution is 2.17. The van der Waals surface area contributed by atoms with Crippen molar-refractivity contribution in [2.45, 2.75) is 13.0 Å². The van der Waals surface area contributed by atoms with E-state index in [0.29, 0.717) is 6.04 Å². The number of hydrogen-bond donors (Lipinski definition) is 1. The summed E-state index contributed by atoms with van der Waals surface area (Å²) >= 11 is 0. The summed E-state index contributed by atoms with van der Waals surface area (Å²) < 4.78 is 0. The molecule has 1 aromatic heterocycles. The summed E-state index contributed by atoms with van der Waals surface area (Å²) in [6, 6.07) is 4.43. The first-order chi connectivity index (χ1) is 6.36. The zero-order chi connectivity index (χ0) is 9.10. The van der Waals surface area contributed by atoms with E-state index >= 15 is 0 Å². The monoisotopic (exact) mass is 172 g/mol. The van der Waals surface area contributed by atoms with Gasteiger partial charge in [-0.15, -0.1) is 0 Å². The van der Waals surface area contributed by atoms with Gasteiger partial charge in [0.2, 0.25) is 0 Å². The van der Waals surface area contributed by atoms with Gasteiger partial charge in [-0.3, -0.25) is 4.98 Å². The highest BCUT2D eigenvalue weighted by atomic mass is 14.9. The number of hydrogen-bond acceptors (Lipinski definition) is 2. The van der Waals surface area contributed by atoms with Gasteiger partial charge >= 0.3 is 0 Å². The Balaban J connectivity index is 2.32. The molecule has 0 saturated heterocycles. The molecular formula is C11H12N2. The Morgan fingerprint density at radius 2 is 2.38 bits per heavy atom. The van der Waals surface area contributed by atoms with Crippen molar-refractivity contribution in [3.63, 3.8) is 0 Å². The lowest BCUT2D eigenvalue weighted by molar-refractivity contribution is 0.764. The Morgan fingerprint density at radius 3 is 3.08 bits per heavy atom. The Bertz CT molecular complexity index is 338. The van der Waals surface area contributed by atoms with Gasteiger partial charge in [0, 0.05) is 18.4 Å². The normalized spacial score (nSPS) is 20.7. The molecule has 2 rings (SSSR count). The van der Waals surface area contributed by atoms with Crippen LogP contribution in [-0.2, 0) is 0 Å². The Kier molecular flexibility index (Phi) is 2.13. The third-order valence-corrected chi connectivity index (χ3v) is 2.05. The van der Waals surface area contributed by atoms with Crippen molar-refractivity contribution in [3.05, 3.63) is 48.4 Å². The molecule has 1 aliphatic heterocycles. The molecule has 1 atom stereocenters. The van der Waals surface area contributed by atoms with Crippen LogP contribution in [0.25, 0.3) is 5.57 Å². The molecule has 0 amide bonds. The van der Waals surface area contributed by atoms with Crippen LogP contribution in [0.4, 0.5) is 0 Å². The number of aromatic nitrogens is 1. The first-order valence-corrected chi connectivity index (χ1v) is 4.41. The Morgan fingerprint density at radius 1 is 1.46 bits per heavy atom. The maximum absolute atomic E-state index is 4.09. The van der Waals surface area contributed by atoms with Crippen molar-refractivity contribution < 1.29 is 0 Å². The van der Waals surface area contributed by atoms with Crippen molar-refractivity contribution in [1.29, 1.82) is 0 Å². The summed E-state index contributed by atoms with van der Waals surface area (Å²) in [6.45, 7) is 2.12. The molecule has 0 aliphatic carbocycles. The van der Waals surface area contributed by atoms with Crippen LogP contribution >= 0.6 is 0 Å². The van der Waals surface area contributed by atoms with Crippen LogP contribution in [0.2, 0.25) is 0 Å². The summed E-state index contributed by atoms with van der Waals surface area (Å²) in [5.74, 6) is 0. The second-order valence-corrected chi connectivity index (χ2v) is 3.15. The van der Waals surface area contributed by atoms with E-state index in [9.17, 15) is 0 Å². The predicted molar refractivity (Wildman–Crippen MR) is 54.0 cm³/mol. The summed E-state index contributed by atoms with van der Waals surface area (Å²) in [5, 5.41) is 3.20. The molecule has 2 nitrogen and oxygen atoms in total. The van der Waals surface area contributed by atoms with E-state index in [2.05, 4.69) is 35.4 Å². The molecule has 0 bridgehead atoms. The van der Waals surface area contributed by atoms with Crippen molar-refractivity contribution in [3.8, 4) is 0 Å². The number of dihydropyridines is 1. The van der Waals surface area contributed by atoms with Gasteiger partial charge < -0.3 is 5.32 Å². The van der Waals surface area contributed by atoms with Crippen LogP contribution in [-0.4, -0.2) is 11.0 Å². The topological polar surface area (TPSA) is 24.9 Å². The van der Waals surface area contributed by atoms with Crippen LogP contribution in [0.3, 0.4) is 0 Å². The lowest BCUT2D eigenvalue weighted by atomic mass is 10.0. The van der Waals surface area contributed by atoms with Crippen molar-refractivity contribution >= 4 is 5.57 Å². The second-order valence-electron chi connectivity index (χ2n) is 3.15. The van der Waals surface area contributed by atoms with Crippen molar-refractivity contribution in [1.82, 2.24) is 10.3 Å². The van der Waals surface area contributed by atoms with Gasteiger partial charge in [-0.05, 0) is 36.4 Å². The van der Waals surface area contributed by atoms with Crippen molar-refractivity contribution in [2.75, 3.05) is 0 Å². The highest BCUT2D eigenvalue weighted by molar-refractivity contribution is 5.74. The molecule has 13 heavy (non-hydrogen) atoms. The van der Waals surface area contributed by atoms with Crippen LogP contribution in [0.15, 0.2) is 42.9 Å². The van der Waals surface area contributed by atoms with E-state index in [1.165, 1.54) is 11.1 Å². The minimum absolute atomic E-state index is 0.403. The second kappa shape index (κ2) is 3.44. The number of nitrogens with one attached hydrogen (secondary N) is 1. The molecule has 1 aromatic rings. The fraction of sp³-hybridized carbons (Fsp3) is 0.182. The fourth-order valence-electron chi connectivity index (χ4n) is 1.39.